The smallest absolute Gasteiger partial charge is 0.254 e. The maximum absolute atomic E-state index is 11.7. The number of fused-ring (bicyclic) bond motifs is 1. The lowest BCUT2D eigenvalue weighted by Crippen LogP contribution is -2.44. The van der Waals surface area contributed by atoms with E-state index in [-0.39, 0.29) is 5.56 Å². The standard InChI is InChI=1S/C13H18N4O/c1-3-10-7-17-12(14-13(10)18)6-11(15-17)8-16-5-4-9(16)2/h6-7,9H,3-5,8H2,1-2H3,(H,14,18). The van der Waals surface area contributed by atoms with E-state index in [0.29, 0.717) is 6.04 Å². The molecule has 1 aliphatic heterocycles. The van der Waals surface area contributed by atoms with Crippen molar-refractivity contribution in [3.05, 3.63) is 33.9 Å². The van der Waals surface area contributed by atoms with E-state index in [9.17, 15) is 4.79 Å². The van der Waals surface area contributed by atoms with E-state index in [0.717, 1.165) is 36.4 Å². The van der Waals surface area contributed by atoms with Crippen LogP contribution in [0.4, 0.5) is 0 Å². The van der Waals surface area contributed by atoms with Crippen LogP contribution in [0.3, 0.4) is 0 Å². The van der Waals surface area contributed by atoms with Crippen molar-refractivity contribution in [2.75, 3.05) is 6.54 Å². The van der Waals surface area contributed by atoms with E-state index in [1.807, 2.05) is 19.2 Å². The van der Waals surface area contributed by atoms with Crippen LogP contribution in [0.15, 0.2) is 17.1 Å². The number of H-pyrrole nitrogens is 1. The van der Waals surface area contributed by atoms with Crippen LogP contribution in [-0.2, 0) is 13.0 Å². The van der Waals surface area contributed by atoms with Crippen LogP contribution < -0.4 is 5.56 Å². The molecule has 2 aromatic rings. The highest BCUT2D eigenvalue weighted by Gasteiger charge is 2.24. The SMILES string of the molecule is CCc1cn2nc(CN3CCC3C)cc2[nH]c1=O. The van der Waals surface area contributed by atoms with Gasteiger partial charge in [0.05, 0.1) is 5.69 Å². The minimum atomic E-state index is -0.00577. The van der Waals surface area contributed by atoms with Gasteiger partial charge in [-0.05, 0) is 19.8 Å². The minimum absolute atomic E-state index is 0.00577. The Morgan fingerprint density at radius 1 is 1.56 bits per heavy atom. The molecule has 3 rings (SSSR count). The molecule has 0 bridgehead atoms. The Balaban J connectivity index is 1.93. The zero-order chi connectivity index (χ0) is 12.7. The summed E-state index contributed by atoms with van der Waals surface area (Å²) in [6.45, 7) is 6.22. The zero-order valence-corrected chi connectivity index (χ0v) is 10.8. The highest BCUT2D eigenvalue weighted by Crippen LogP contribution is 2.19. The molecule has 1 atom stereocenters. The first-order valence-corrected chi connectivity index (χ1v) is 6.52. The van der Waals surface area contributed by atoms with Gasteiger partial charge in [0.2, 0.25) is 0 Å². The number of nitrogens with zero attached hydrogens (tertiary/aromatic N) is 3. The van der Waals surface area contributed by atoms with Crippen molar-refractivity contribution in [2.24, 2.45) is 0 Å². The van der Waals surface area contributed by atoms with E-state index in [4.69, 9.17) is 0 Å². The summed E-state index contributed by atoms with van der Waals surface area (Å²) in [5, 5.41) is 4.52. The van der Waals surface area contributed by atoms with E-state index in [2.05, 4.69) is 21.9 Å². The number of rotatable bonds is 3. The molecule has 0 spiro atoms. The van der Waals surface area contributed by atoms with E-state index in [1.165, 1.54) is 6.42 Å². The van der Waals surface area contributed by atoms with Gasteiger partial charge in [0.1, 0.15) is 5.65 Å². The van der Waals surface area contributed by atoms with Crippen LogP contribution in [0.5, 0.6) is 0 Å². The lowest BCUT2D eigenvalue weighted by Gasteiger charge is -2.37. The van der Waals surface area contributed by atoms with Crippen LogP contribution in [0.25, 0.3) is 5.65 Å². The van der Waals surface area contributed by atoms with E-state index in [1.54, 1.807) is 4.52 Å². The molecule has 1 N–H and O–H groups in total. The summed E-state index contributed by atoms with van der Waals surface area (Å²) >= 11 is 0. The van der Waals surface area contributed by atoms with Crippen molar-refractivity contribution < 1.29 is 0 Å². The number of nitrogens with one attached hydrogen (secondary N) is 1. The van der Waals surface area contributed by atoms with Gasteiger partial charge in [-0.25, -0.2) is 4.52 Å². The molecular weight excluding hydrogens is 228 g/mol. The Hall–Kier alpha value is -1.62. The molecule has 5 nitrogen and oxygen atoms in total. The number of aromatic amines is 1. The molecule has 18 heavy (non-hydrogen) atoms. The topological polar surface area (TPSA) is 53.4 Å². The van der Waals surface area contributed by atoms with Crippen molar-refractivity contribution in [1.82, 2.24) is 19.5 Å². The third-order valence-electron chi connectivity index (χ3n) is 3.80. The molecule has 0 saturated carbocycles. The normalized spacial score (nSPS) is 20.2. The third-order valence-corrected chi connectivity index (χ3v) is 3.80. The summed E-state index contributed by atoms with van der Waals surface area (Å²) in [6.07, 6.45) is 3.82. The van der Waals surface area contributed by atoms with Crippen LogP contribution in [0.1, 0.15) is 31.5 Å². The van der Waals surface area contributed by atoms with Crippen molar-refractivity contribution in [1.29, 1.82) is 0 Å². The maximum Gasteiger partial charge on any atom is 0.254 e. The van der Waals surface area contributed by atoms with Gasteiger partial charge in [0, 0.05) is 37.0 Å². The molecule has 5 heteroatoms. The zero-order valence-electron chi connectivity index (χ0n) is 10.8. The van der Waals surface area contributed by atoms with Gasteiger partial charge < -0.3 is 4.98 Å². The fraction of sp³-hybridized carbons (Fsp3) is 0.538. The van der Waals surface area contributed by atoms with Gasteiger partial charge in [-0.15, -0.1) is 0 Å². The molecule has 0 amide bonds. The van der Waals surface area contributed by atoms with Gasteiger partial charge >= 0.3 is 0 Å². The monoisotopic (exact) mass is 246 g/mol. The van der Waals surface area contributed by atoms with Gasteiger partial charge in [0.15, 0.2) is 0 Å². The Labute approximate surface area is 105 Å². The number of likely N-dealkylation sites (tertiary alicyclic amines) is 1. The molecular formula is C13H18N4O. The number of aryl methyl sites for hydroxylation is 1. The molecule has 1 saturated heterocycles. The Bertz CT molecular complexity index is 627. The highest BCUT2D eigenvalue weighted by molar-refractivity contribution is 5.39. The summed E-state index contributed by atoms with van der Waals surface area (Å²) in [4.78, 5) is 17.0. The predicted molar refractivity (Wildman–Crippen MR) is 69.7 cm³/mol. The average molecular weight is 246 g/mol. The fourth-order valence-electron chi connectivity index (χ4n) is 2.38. The average Bonchev–Trinajstić information content (AvgIpc) is 2.74. The Morgan fingerprint density at radius 2 is 2.39 bits per heavy atom. The Morgan fingerprint density at radius 3 is 3.00 bits per heavy atom. The first kappa shape index (κ1) is 11.5. The van der Waals surface area contributed by atoms with Gasteiger partial charge in [-0.3, -0.25) is 9.69 Å². The van der Waals surface area contributed by atoms with E-state index < -0.39 is 0 Å². The third kappa shape index (κ3) is 1.84. The molecule has 3 heterocycles. The summed E-state index contributed by atoms with van der Waals surface area (Å²) in [7, 11) is 0. The summed E-state index contributed by atoms with van der Waals surface area (Å²) in [5.41, 5.74) is 2.56. The molecule has 0 radical (unpaired) electrons. The lowest BCUT2D eigenvalue weighted by atomic mass is 10.1. The second-order valence-electron chi connectivity index (χ2n) is 5.04. The summed E-state index contributed by atoms with van der Waals surface area (Å²) in [5.74, 6) is 0. The summed E-state index contributed by atoms with van der Waals surface area (Å²) in [6, 6.07) is 2.62. The predicted octanol–water partition coefficient (Wildman–Crippen LogP) is 1.18. The van der Waals surface area contributed by atoms with Gasteiger partial charge in [0.25, 0.3) is 5.56 Å². The molecule has 0 aliphatic carbocycles. The molecule has 2 aromatic heterocycles. The first-order chi connectivity index (χ1) is 8.67. The van der Waals surface area contributed by atoms with Crippen LogP contribution >= 0.6 is 0 Å². The van der Waals surface area contributed by atoms with Gasteiger partial charge in [-0.2, -0.15) is 5.10 Å². The lowest BCUT2D eigenvalue weighted by molar-refractivity contribution is 0.0943. The maximum atomic E-state index is 11.7. The minimum Gasteiger partial charge on any atom is -0.307 e. The molecule has 0 aromatic carbocycles. The Kier molecular flexibility index (Phi) is 2.70. The van der Waals surface area contributed by atoms with Crippen molar-refractivity contribution in [3.63, 3.8) is 0 Å². The van der Waals surface area contributed by atoms with Crippen LogP contribution in [0, 0.1) is 0 Å². The van der Waals surface area contributed by atoms with Crippen LogP contribution in [-0.4, -0.2) is 32.1 Å². The quantitative estimate of drug-likeness (QED) is 0.884. The fourth-order valence-corrected chi connectivity index (χ4v) is 2.38. The number of hydrogen-bond donors (Lipinski definition) is 1. The van der Waals surface area contributed by atoms with Crippen molar-refractivity contribution in [3.8, 4) is 0 Å². The van der Waals surface area contributed by atoms with Crippen molar-refractivity contribution >= 4 is 5.65 Å². The second kappa shape index (κ2) is 4.24. The molecule has 96 valence electrons. The molecule has 1 unspecified atom stereocenters. The molecule has 1 aliphatic rings. The largest absolute Gasteiger partial charge is 0.307 e. The first-order valence-electron chi connectivity index (χ1n) is 6.52. The number of aromatic nitrogens is 3. The summed E-state index contributed by atoms with van der Waals surface area (Å²) < 4.78 is 1.78. The van der Waals surface area contributed by atoms with E-state index >= 15 is 0 Å². The second-order valence-corrected chi connectivity index (χ2v) is 5.04. The van der Waals surface area contributed by atoms with Gasteiger partial charge in [-0.1, -0.05) is 6.92 Å². The van der Waals surface area contributed by atoms with Crippen molar-refractivity contribution in [2.45, 2.75) is 39.3 Å². The van der Waals surface area contributed by atoms with Crippen LogP contribution in [0.2, 0.25) is 0 Å². The molecule has 1 fully saturated rings. The number of hydrogen-bond acceptors (Lipinski definition) is 3. The highest BCUT2D eigenvalue weighted by atomic mass is 16.1.